The largest absolute Gasteiger partial charge is 0.493 e. The summed E-state index contributed by atoms with van der Waals surface area (Å²) >= 11 is 0. The van der Waals surface area contributed by atoms with Gasteiger partial charge in [0.1, 0.15) is 0 Å². The fourth-order valence-corrected chi connectivity index (χ4v) is 3.01. The molecule has 0 saturated carbocycles. The maximum absolute atomic E-state index is 12.0. The minimum Gasteiger partial charge on any atom is -0.493 e. The average Bonchev–Trinajstić information content (AvgIpc) is 2.56. The standard InChI is InChI=1S/C17H28N2O5S/c1-6-13(2)18-17(20)12-19(25(5,21)22)10-9-14-7-8-15(23-3)16(11-14)24-4/h7-8,11,13H,6,9-10,12H2,1-5H3,(H,18,20). The van der Waals surface area contributed by atoms with E-state index in [1.165, 1.54) is 4.31 Å². The molecule has 1 rings (SSSR count). The van der Waals surface area contributed by atoms with Crippen molar-refractivity contribution in [2.75, 3.05) is 33.6 Å². The number of hydrogen-bond donors (Lipinski definition) is 1. The van der Waals surface area contributed by atoms with Gasteiger partial charge in [-0.2, -0.15) is 4.31 Å². The van der Waals surface area contributed by atoms with E-state index in [4.69, 9.17) is 9.47 Å². The van der Waals surface area contributed by atoms with Gasteiger partial charge in [0.15, 0.2) is 11.5 Å². The molecule has 0 radical (unpaired) electrons. The molecule has 1 N–H and O–H groups in total. The van der Waals surface area contributed by atoms with Crippen LogP contribution in [0.4, 0.5) is 0 Å². The zero-order valence-corrected chi connectivity index (χ0v) is 16.4. The molecule has 25 heavy (non-hydrogen) atoms. The minimum absolute atomic E-state index is 0.0137. The number of rotatable bonds is 10. The molecule has 1 aromatic rings. The highest BCUT2D eigenvalue weighted by molar-refractivity contribution is 7.88. The molecule has 0 fully saturated rings. The number of nitrogens with one attached hydrogen (secondary N) is 1. The fourth-order valence-electron chi connectivity index (χ4n) is 2.23. The van der Waals surface area contributed by atoms with Crippen molar-refractivity contribution in [3.8, 4) is 11.5 Å². The Bertz CT molecular complexity index is 676. The van der Waals surface area contributed by atoms with Crippen LogP contribution < -0.4 is 14.8 Å². The van der Waals surface area contributed by atoms with Gasteiger partial charge in [0.25, 0.3) is 0 Å². The van der Waals surface area contributed by atoms with Crippen LogP contribution in [0.3, 0.4) is 0 Å². The molecule has 1 aromatic carbocycles. The summed E-state index contributed by atoms with van der Waals surface area (Å²) in [5.41, 5.74) is 0.897. The van der Waals surface area contributed by atoms with Gasteiger partial charge in [0.2, 0.25) is 15.9 Å². The third-order valence-corrected chi connectivity index (χ3v) is 5.16. The topological polar surface area (TPSA) is 84.9 Å². The van der Waals surface area contributed by atoms with Crippen molar-refractivity contribution < 1.29 is 22.7 Å². The van der Waals surface area contributed by atoms with Crippen molar-refractivity contribution >= 4 is 15.9 Å². The zero-order chi connectivity index (χ0) is 19.0. The zero-order valence-electron chi connectivity index (χ0n) is 15.5. The maximum atomic E-state index is 12.0. The Balaban J connectivity index is 2.79. The third kappa shape index (κ3) is 6.91. The van der Waals surface area contributed by atoms with Gasteiger partial charge in [-0.15, -0.1) is 0 Å². The van der Waals surface area contributed by atoms with E-state index in [0.29, 0.717) is 17.9 Å². The lowest BCUT2D eigenvalue weighted by atomic mass is 10.1. The molecule has 7 nitrogen and oxygen atoms in total. The molecule has 0 spiro atoms. The SMILES string of the molecule is CCC(C)NC(=O)CN(CCc1ccc(OC)c(OC)c1)S(C)(=O)=O. The van der Waals surface area contributed by atoms with Gasteiger partial charge in [-0.1, -0.05) is 13.0 Å². The molecule has 0 aliphatic carbocycles. The van der Waals surface area contributed by atoms with Gasteiger partial charge in [-0.3, -0.25) is 4.79 Å². The first-order valence-corrected chi connectivity index (χ1v) is 10.0. The Morgan fingerprint density at radius 2 is 1.88 bits per heavy atom. The Morgan fingerprint density at radius 1 is 1.24 bits per heavy atom. The Morgan fingerprint density at radius 3 is 2.40 bits per heavy atom. The molecule has 142 valence electrons. The summed E-state index contributed by atoms with van der Waals surface area (Å²) in [6.45, 7) is 3.86. The lowest BCUT2D eigenvalue weighted by Gasteiger charge is -2.21. The first-order valence-electron chi connectivity index (χ1n) is 8.16. The molecule has 0 saturated heterocycles. The number of amides is 1. The van der Waals surface area contributed by atoms with Crippen LogP contribution >= 0.6 is 0 Å². The first kappa shape index (κ1) is 21.2. The predicted octanol–water partition coefficient (Wildman–Crippen LogP) is 1.42. The highest BCUT2D eigenvalue weighted by Gasteiger charge is 2.20. The molecule has 1 atom stereocenters. The number of methoxy groups -OCH3 is 2. The summed E-state index contributed by atoms with van der Waals surface area (Å²) in [5, 5.41) is 2.78. The highest BCUT2D eigenvalue weighted by Crippen LogP contribution is 2.27. The maximum Gasteiger partial charge on any atom is 0.235 e. The van der Waals surface area contributed by atoms with Crippen LogP contribution in [0.25, 0.3) is 0 Å². The monoisotopic (exact) mass is 372 g/mol. The van der Waals surface area contributed by atoms with E-state index in [9.17, 15) is 13.2 Å². The molecule has 0 aromatic heterocycles. The van der Waals surface area contributed by atoms with Crippen molar-refractivity contribution in [3.63, 3.8) is 0 Å². The van der Waals surface area contributed by atoms with Crippen LogP contribution in [-0.4, -0.2) is 58.2 Å². The molecular formula is C17H28N2O5S. The minimum atomic E-state index is -3.48. The van der Waals surface area contributed by atoms with E-state index in [1.807, 2.05) is 19.9 Å². The number of sulfonamides is 1. The van der Waals surface area contributed by atoms with Gasteiger partial charge in [0, 0.05) is 12.6 Å². The number of ether oxygens (including phenoxy) is 2. The van der Waals surface area contributed by atoms with Crippen LogP contribution in [-0.2, 0) is 21.2 Å². The number of benzene rings is 1. The number of nitrogens with zero attached hydrogens (tertiary/aromatic N) is 1. The Hall–Kier alpha value is -1.80. The van der Waals surface area contributed by atoms with E-state index in [1.54, 1.807) is 26.4 Å². The molecule has 0 aliphatic rings. The smallest absolute Gasteiger partial charge is 0.235 e. The van der Waals surface area contributed by atoms with Crippen LogP contribution in [0, 0.1) is 0 Å². The molecule has 8 heteroatoms. The van der Waals surface area contributed by atoms with Crippen LogP contribution in [0.15, 0.2) is 18.2 Å². The summed E-state index contributed by atoms with van der Waals surface area (Å²) in [7, 11) is -0.385. The fraction of sp³-hybridized carbons (Fsp3) is 0.588. The summed E-state index contributed by atoms with van der Waals surface area (Å²) in [6.07, 6.45) is 2.36. The normalized spacial score (nSPS) is 12.7. The number of hydrogen-bond acceptors (Lipinski definition) is 5. The lowest BCUT2D eigenvalue weighted by Crippen LogP contribution is -2.43. The van der Waals surface area contributed by atoms with Crippen LogP contribution in [0.1, 0.15) is 25.8 Å². The summed E-state index contributed by atoms with van der Waals surface area (Å²) < 4.78 is 35.6. The van der Waals surface area contributed by atoms with E-state index in [2.05, 4.69) is 5.32 Å². The average molecular weight is 372 g/mol. The van der Waals surface area contributed by atoms with Gasteiger partial charge in [0.05, 0.1) is 27.0 Å². The van der Waals surface area contributed by atoms with E-state index in [0.717, 1.165) is 18.2 Å². The molecule has 1 unspecified atom stereocenters. The summed E-state index contributed by atoms with van der Waals surface area (Å²) in [6, 6.07) is 5.44. The van der Waals surface area contributed by atoms with Crippen molar-refractivity contribution in [2.24, 2.45) is 0 Å². The van der Waals surface area contributed by atoms with Crippen molar-refractivity contribution in [3.05, 3.63) is 23.8 Å². The number of carbonyl (C=O) groups is 1. The van der Waals surface area contributed by atoms with Crippen molar-refractivity contribution in [2.45, 2.75) is 32.7 Å². The van der Waals surface area contributed by atoms with Crippen LogP contribution in [0.2, 0.25) is 0 Å². The molecule has 0 bridgehead atoms. The quantitative estimate of drug-likeness (QED) is 0.671. The van der Waals surface area contributed by atoms with Crippen LogP contribution in [0.5, 0.6) is 11.5 Å². The van der Waals surface area contributed by atoms with Gasteiger partial charge < -0.3 is 14.8 Å². The van der Waals surface area contributed by atoms with E-state index in [-0.39, 0.29) is 25.0 Å². The lowest BCUT2D eigenvalue weighted by molar-refractivity contribution is -0.121. The van der Waals surface area contributed by atoms with Gasteiger partial charge >= 0.3 is 0 Å². The predicted molar refractivity (Wildman–Crippen MR) is 97.6 cm³/mol. The molecule has 1 amide bonds. The van der Waals surface area contributed by atoms with Gasteiger partial charge in [-0.25, -0.2) is 8.42 Å². The van der Waals surface area contributed by atoms with E-state index >= 15 is 0 Å². The second-order valence-corrected chi connectivity index (χ2v) is 7.90. The third-order valence-electron chi connectivity index (χ3n) is 3.91. The first-order chi connectivity index (χ1) is 11.7. The molecular weight excluding hydrogens is 344 g/mol. The van der Waals surface area contributed by atoms with E-state index < -0.39 is 10.0 Å². The highest BCUT2D eigenvalue weighted by atomic mass is 32.2. The summed E-state index contributed by atoms with van der Waals surface area (Å²) in [5.74, 6) is 0.895. The second kappa shape index (κ2) is 9.62. The molecule has 0 aliphatic heterocycles. The Kier molecular flexibility index (Phi) is 8.18. The summed E-state index contributed by atoms with van der Waals surface area (Å²) in [4.78, 5) is 12.0. The number of carbonyl (C=O) groups excluding carboxylic acids is 1. The van der Waals surface area contributed by atoms with Crippen molar-refractivity contribution in [1.29, 1.82) is 0 Å². The van der Waals surface area contributed by atoms with Crippen molar-refractivity contribution in [1.82, 2.24) is 9.62 Å². The Labute approximate surface area is 150 Å². The second-order valence-electron chi connectivity index (χ2n) is 5.91. The molecule has 0 heterocycles. The van der Waals surface area contributed by atoms with Gasteiger partial charge in [-0.05, 0) is 37.5 Å².